The van der Waals surface area contributed by atoms with E-state index in [1.165, 1.54) is 7.11 Å². The van der Waals surface area contributed by atoms with Crippen LogP contribution in [0.4, 0.5) is 0 Å². The molecule has 27 heavy (non-hydrogen) atoms. The zero-order valence-electron chi connectivity index (χ0n) is 15.1. The summed E-state index contributed by atoms with van der Waals surface area (Å²) in [7, 11) is -1.07. The van der Waals surface area contributed by atoms with Gasteiger partial charge in [0.15, 0.2) is 0 Å². The van der Waals surface area contributed by atoms with E-state index in [1.54, 1.807) is 31.4 Å². The molecular formula is C17H23ClN2O5S2. The lowest BCUT2D eigenvalue weighted by molar-refractivity contribution is 0.0602. The second kappa shape index (κ2) is 8.85. The van der Waals surface area contributed by atoms with E-state index in [9.17, 15) is 13.2 Å². The first kappa shape index (κ1) is 22.1. The lowest BCUT2D eigenvalue weighted by atomic mass is 9.99. The molecule has 150 valence electrons. The van der Waals surface area contributed by atoms with Gasteiger partial charge in [0, 0.05) is 23.7 Å². The molecule has 1 atom stereocenters. The van der Waals surface area contributed by atoms with E-state index in [-0.39, 0.29) is 28.7 Å². The summed E-state index contributed by atoms with van der Waals surface area (Å²) >= 11 is 1.12. The Morgan fingerprint density at radius 1 is 1.33 bits per heavy atom. The van der Waals surface area contributed by atoms with Crippen LogP contribution in [0.1, 0.15) is 22.5 Å². The second-order valence-electron chi connectivity index (χ2n) is 6.32. The number of esters is 1. The highest BCUT2D eigenvalue weighted by Gasteiger charge is 2.36. The Hall–Kier alpha value is -1.23. The van der Waals surface area contributed by atoms with Crippen molar-refractivity contribution in [2.24, 2.45) is 0 Å². The van der Waals surface area contributed by atoms with Crippen LogP contribution >= 0.6 is 23.7 Å². The third-order valence-corrected chi connectivity index (χ3v) is 7.31. The number of fused-ring (bicyclic) bond motifs is 1. The zero-order chi connectivity index (χ0) is 18.8. The third-order valence-electron chi connectivity index (χ3n) is 4.54. The number of carbonyl (C=O) groups is 1. The van der Waals surface area contributed by atoms with Crippen molar-refractivity contribution in [1.82, 2.24) is 10.0 Å². The van der Waals surface area contributed by atoms with Gasteiger partial charge in [0.1, 0.15) is 9.77 Å². The van der Waals surface area contributed by atoms with Gasteiger partial charge in [0.05, 0.1) is 19.3 Å². The predicted molar refractivity (Wildman–Crippen MR) is 107 cm³/mol. The number of thiophene rings is 1. The maximum atomic E-state index is 13.1. The van der Waals surface area contributed by atoms with E-state index < -0.39 is 21.5 Å². The van der Waals surface area contributed by atoms with Crippen LogP contribution in [0.5, 0.6) is 0 Å². The van der Waals surface area contributed by atoms with E-state index in [0.717, 1.165) is 35.4 Å². The number of hydrogen-bond acceptors (Lipinski definition) is 7. The predicted octanol–water partition coefficient (Wildman–Crippen LogP) is 2.16. The first-order chi connectivity index (χ1) is 12.4. The van der Waals surface area contributed by atoms with Gasteiger partial charge in [0.25, 0.3) is 0 Å². The molecule has 7 nitrogen and oxygen atoms in total. The van der Waals surface area contributed by atoms with Gasteiger partial charge in [-0.05, 0) is 25.5 Å². The average molecular weight is 435 g/mol. The molecule has 10 heteroatoms. The van der Waals surface area contributed by atoms with Gasteiger partial charge in [-0.25, -0.2) is 17.9 Å². The molecule has 1 saturated heterocycles. The average Bonchev–Trinajstić information content (AvgIpc) is 3.25. The number of ether oxygens (including phenoxy) is 2. The van der Waals surface area contributed by atoms with Gasteiger partial charge in [-0.15, -0.1) is 23.7 Å². The van der Waals surface area contributed by atoms with Gasteiger partial charge in [0.2, 0.25) is 10.0 Å². The highest BCUT2D eigenvalue weighted by atomic mass is 35.5. The van der Waals surface area contributed by atoms with E-state index in [4.69, 9.17) is 9.47 Å². The van der Waals surface area contributed by atoms with Gasteiger partial charge in [-0.2, -0.15) is 0 Å². The van der Waals surface area contributed by atoms with Crippen LogP contribution < -0.4 is 10.0 Å². The lowest BCUT2D eigenvalue weighted by Crippen LogP contribution is -2.52. The van der Waals surface area contributed by atoms with Crippen molar-refractivity contribution in [3.05, 3.63) is 29.1 Å². The van der Waals surface area contributed by atoms with E-state index >= 15 is 0 Å². The summed E-state index contributed by atoms with van der Waals surface area (Å²) < 4.78 is 39.6. The summed E-state index contributed by atoms with van der Waals surface area (Å²) in [4.78, 5) is 12.2. The third kappa shape index (κ3) is 4.44. The number of rotatable bonds is 7. The molecule has 1 aliphatic heterocycles. The van der Waals surface area contributed by atoms with Gasteiger partial charge >= 0.3 is 5.97 Å². The molecule has 2 N–H and O–H groups in total. The van der Waals surface area contributed by atoms with Gasteiger partial charge in [-0.3, -0.25) is 0 Å². The fourth-order valence-corrected chi connectivity index (χ4v) is 6.23. The molecule has 1 aromatic carbocycles. The summed E-state index contributed by atoms with van der Waals surface area (Å²) in [6.07, 6.45) is 1.78. The summed E-state index contributed by atoms with van der Waals surface area (Å²) in [6, 6.07) is 7.04. The van der Waals surface area contributed by atoms with E-state index in [1.807, 2.05) is 0 Å². The van der Waals surface area contributed by atoms with Gasteiger partial charge < -0.3 is 14.8 Å². The first-order valence-corrected chi connectivity index (χ1v) is 10.6. The monoisotopic (exact) mass is 434 g/mol. The molecule has 2 heterocycles. The number of sulfonamides is 1. The molecule has 0 aliphatic carbocycles. The Kier molecular flexibility index (Phi) is 7.23. The standard InChI is InChI=1S/C17H22N2O5S2.ClH/c1-23-11-17(8-5-9-18-17)10-19-26(21,22)15-12-6-3-4-7-13(12)25-14(15)16(20)24-2;/h3-4,6-7,18-19H,5,8-11H2,1-2H3;1H. The van der Waals surface area contributed by atoms with Crippen LogP contribution in [0.15, 0.2) is 29.2 Å². The quantitative estimate of drug-likeness (QED) is 0.648. The Morgan fingerprint density at radius 3 is 2.70 bits per heavy atom. The molecule has 1 aromatic heterocycles. The SMILES string of the molecule is COCC1(CNS(=O)(=O)c2c(C(=O)OC)sc3ccccc23)CCCN1.Cl. The van der Waals surface area contributed by atoms with Crippen molar-refractivity contribution < 1.29 is 22.7 Å². The molecule has 0 radical (unpaired) electrons. The number of benzene rings is 1. The molecule has 2 aromatic rings. The highest BCUT2D eigenvalue weighted by molar-refractivity contribution is 7.90. The Balaban J connectivity index is 0.00000261. The minimum absolute atomic E-state index is 0. The topological polar surface area (TPSA) is 93.7 Å². The van der Waals surface area contributed by atoms with Crippen LogP contribution in [0.25, 0.3) is 10.1 Å². The maximum absolute atomic E-state index is 13.1. The molecule has 0 bridgehead atoms. The van der Waals surface area contributed by atoms with Crippen LogP contribution in [-0.4, -0.2) is 53.8 Å². The zero-order valence-corrected chi connectivity index (χ0v) is 17.6. The molecule has 0 amide bonds. The van der Waals surface area contributed by atoms with Crippen molar-refractivity contribution in [3.63, 3.8) is 0 Å². The number of nitrogens with one attached hydrogen (secondary N) is 2. The molecule has 1 fully saturated rings. The summed E-state index contributed by atoms with van der Waals surface area (Å²) in [5.74, 6) is -0.655. The Labute approximate surface area is 168 Å². The molecule has 1 unspecified atom stereocenters. The first-order valence-electron chi connectivity index (χ1n) is 8.26. The lowest BCUT2D eigenvalue weighted by Gasteiger charge is -2.28. The minimum Gasteiger partial charge on any atom is -0.465 e. The van der Waals surface area contributed by atoms with Crippen LogP contribution in [0, 0.1) is 0 Å². The number of halogens is 1. The van der Waals surface area contributed by atoms with Crippen molar-refractivity contribution in [1.29, 1.82) is 0 Å². The highest BCUT2D eigenvalue weighted by Crippen LogP contribution is 2.35. The molecule has 1 aliphatic rings. The van der Waals surface area contributed by atoms with Crippen molar-refractivity contribution >= 4 is 49.8 Å². The van der Waals surface area contributed by atoms with Gasteiger partial charge in [-0.1, -0.05) is 18.2 Å². The Morgan fingerprint density at radius 2 is 2.07 bits per heavy atom. The molecule has 0 saturated carbocycles. The summed E-state index contributed by atoms with van der Waals surface area (Å²) in [6.45, 7) is 1.41. The van der Waals surface area contributed by atoms with E-state index in [0.29, 0.717) is 12.0 Å². The fraction of sp³-hybridized carbons (Fsp3) is 0.471. The minimum atomic E-state index is -3.91. The number of hydrogen-bond donors (Lipinski definition) is 2. The second-order valence-corrected chi connectivity index (χ2v) is 9.07. The number of carbonyl (C=O) groups excluding carboxylic acids is 1. The number of methoxy groups -OCH3 is 2. The summed E-state index contributed by atoms with van der Waals surface area (Å²) in [5, 5.41) is 3.85. The largest absolute Gasteiger partial charge is 0.465 e. The Bertz CT molecular complexity index is 907. The van der Waals surface area contributed by atoms with Crippen molar-refractivity contribution in [3.8, 4) is 0 Å². The molecular weight excluding hydrogens is 412 g/mol. The van der Waals surface area contributed by atoms with Crippen LogP contribution in [-0.2, 0) is 19.5 Å². The fourth-order valence-electron chi connectivity index (χ4n) is 3.29. The summed E-state index contributed by atoms with van der Waals surface area (Å²) in [5.41, 5.74) is -0.431. The van der Waals surface area contributed by atoms with E-state index in [2.05, 4.69) is 10.0 Å². The smallest absolute Gasteiger partial charge is 0.349 e. The maximum Gasteiger partial charge on any atom is 0.349 e. The van der Waals surface area contributed by atoms with Crippen LogP contribution in [0.2, 0.25) is 0 Å². The van der Waals surface area contributed by atoms with Crippen LogP contribution in [0.3, 0.4) is 0 Å². The van der Waals surface area contributed by atoms with Crippen molar-refractivity contribution in [2.75, 3.05) is 33.9 Å². The van der Waals surface area contributed by atoms with Crippen molar-refractivity contribution in [2.45, 2.75) is 23.3 Å². The molecule has 0 spiro atoms. The normalized spacial score (nSPS) is 19.8. The molecule has 3 rings (SSSR count).